The van der Waals surface area contributed by atoms with Gasteiger partial charge in [-0.05, 0) is 19.1 Å². The average Bonchev–Trinajstić information content (AvgIpc) is 2.66. The van der Waals surface area contributed by atoms with Gasteiger partial charge in [0.05, 0.1) is 6.54 Å². The number of nitrogens with zero attached hydrogens (tertiary/aromatic N) is 1. The van der Waals surface area contributed by atoms with Crippen LogP contribution in [0, 0.1) is 0 Å². The van der Waals surface area contributed by atoms with E-state index >= 15 is 0 Å². The van der Waals surface area contributed by atoms with Gasteiger partial charge in [0.15, 0.2) is 0 Å². The average molecular weight is 224 g/mol. The Balaban J connectivity index is 1.95. The SMILES string of the molecule is C[C@@H]1CN(Cc2ccc(C(=O)O)o2)CCN1. The van der Waals surface area contributed by atoms with Crippen molar-refractivity contribution >= 4 is 5.97 Å². The van der Waals surface area contributed by atoms with E-state index in [0.29, 0.717) is 18.3 Å². The summed E-state index contributed by atoms with van der Waals surface area (Å²) < 4.78 is 5.22. The lowest BCUT2D eigenvalue weighted by Gasteiger charge is -2.30. The van der Waals surface area contributed by atoms with Gasteiger partial charge in [-0.15, -0.1) is 0 Å². The molecule has 2 rings (SSSR count). The highest BCUT2D eigenvalue weighted by molar-refractivity contribution is 5.84. The third kappa shape index (κ3) is 2.62. The third-order valence-electron chi connectivity index (χ3n) is 2.70. The quantitative estimate of drug-likeness (QED) is 0.794. The molecular weight excluding hydrogens is 208 g/mol. The number of carbonyl (C=O) groups is 1. The summed E-state index contributed by atoms with van der Waals surface area (Å²) >= 11 is 0. The predicted molar refractivity (Wildman–Crippen MR) is 58.4 cm³/mol. The molecule has 1 fully saturated rings. The second-order valence-corrected chi connectivity index (χ2v) is 4.16. The maximum absolute atomic E-state index is 10.6. The number of nitrogens with one attached hydrogen (secondary N) is 1. The molecule has 0 unspecified atom stereocenters. The van der Waals surface area contributed by atoms with Gasteiger partial charge in [0, 0.05) is 25.7 Å². The minimum Gasteiger partial charge on any atom is -0.475 e. The molecule has 1 aliphatic heterocycles. The number of carboxylic acids is 1. The summed E-state index contributed by atoms with van der Waals surface area (Å²) in [6, 6.07) is 3.71. The highest BCUT2D eigenvalue weighted by Crippen LogP contribution is 2.11. The largest absolute Gasteiger partial charge is 0.475 e. The monoisotopic (exact) mass is 224 g/mol. The van der Waals surface area contributed by atoms with Crippen LogP contribution < -0.4 is 5.32 Å². The van der Waals surface area contributed by atoms with E-state index < -0.39 is 5.97 Å². The number of hydrogen-bond donors (Lipinski definition) is 2. The van der Waals surface area contributed by atoms with Crippen molar-refractivity contribution in [2.24, 2.45) is 0 Å². The van der Waals surface area contributed by atoms with Crippen molar-refractivity contribution in [2.75, 3.05) is 19.6 Å². The molecule has 1 aromatic heterocycles. The lowest BCUT2D eigenvalue weighted by Crippen LogP contribution is -2.48. The summed E-state index contributed by atoms with van der Waals surface area (Å²) in [7, 11) is 0. The normalized spacial score (nSPS) is 22.2. The van der Waals surface area contributed by atoms with Crippen molar-refractivity contribution in [1.82, 2.24) is 10.2 Å². The second kappa shape index (κ2) is 4.67. The van der Waals surface area contributed by atoms with E-state index in [1.54, 1.807) is 6.07 Å². The molecule has 1 aliphatic rings. The van der Waals surface area contributed by atoms with Crippen LogP contribution in [-0.4, -0.2) is 41.7 Å². The Hall–Kier alpha value is -1.33. The van der Waals surface area contributed by atoms with Crippen LogP contribution in [-0.2, 0) is 6.54 Å². The molecular formula is C11H16N2O3. The van der Waals surface area contributed by atoms with E-state index in [9.17, 15) is 4.79 Å². The van der Waals surface area contributed by atoms with E-state index in [2.05, 4.69) is 17.1 Å². The molecule has 0 aromatic carbocycles. The molecule has 0 amide bonds. The molecule has 88 valence electrons. The number of carboxylic acid groups (broad SMARTS) is 1. The van der Waals surface area contributed by atoms with Crippen LogP contribution in [0.25, 0.3) is 0 Å². The summed E-state index contributed by atoms with van der Waals surface area (Å²) in [5.74, 6) is -0.287. The zero-order chi connectivity index (χ0) is 11.5. The minimum atomic E-state index is -1.01. The van der Waals surface area contributed by atoms with Crippen molar-refractivity contribution in [3.05, 3.63) is 23.7 Å². The Bertz CT molecular complexity index is 375. The molecule has 0 spiro atoms. The number of rotatable bonds is 3. The number of aromatic carboxylic acids is 1. The smallest absolute Gasteiger partial charge is 0.371 e. The molecule has 0 aliphatic carbocycles. The molecule has 0 saturated carbocycles. The number of piperazine rings is 1. The Kier molecular flexibility index (Phi) is 3.26. The fourth-order valence-corrected chi connectivity index (χ4v) is 1.95. The van der Waals surface area contributed by atoms with Crippen LogP contribution in [0.3, 0.4) is 0 Å². The van der Waals surface area contributed by atoms with Gasteiger partial charge in [-0.2, -0.15) is 0 Å². The highest BCUT2D eigenvalue weighted by Gasteiger charge is 2.17. The van der Waals surface area contributed by atoms with Crippen molar-refractivity contribution < 1.29 is 14.3 Å². The Morgan fingerprint density at radius 1 is 1.69 bits per heavy atom. The third-order valence-corrected chi connectivity index (χ3v) is 2.70. The first-order valence-corrected chi connectivity index (χ1v) is 5.43. The molecule has 0 bridgehead atoms. The summed E-state index contributed by atoms with van der Waals surface area (Å²) in [6.45, 7) is 5.71. The molecule has 0 radical (unpaired) electrons. The molecule has 2 heterocycles. The maximum Gasteiger partial charge on any atom is 0.371 e. The van der Waals surface area contributed by atoms with Crippen LogP contribution in [0.1, 0.15) is 23.2 Å². The van der Waals surface area contributed by atoms with Gasteiger partial charge >= 0.3 is 5.97 Å². The van der Waals surface area contributed by atoms with Gasteiger partial charge in [-0.1, -0.05) is 0 Å². The fraction of sp³-hybridized carbons (Fsp3) is 0.545. The summed E-state index contributed by atoms with van der Waals surface area (Å²) in [5, 5.41) is 12.1. The van der Waals surface area contributed by atoms with Gasteiger partial charge in [0.1, 0.15) is 5.76 Å². The van der Waals surface area contributed by atoms with Crippen LogP contribution >= 0.6 is 0 Å². The van der Waals surface area contributed by atoms with Gasteiger partial charge in [0.25, 0.3) is 0 Å². The van der Waals surface area contributed by atoms with Crippen molar-refractivity contribution in [1.29, 1.82) is 0 Å². The molecule has 16 heavy (non-hydrogen) atoms. The molecule has 2 N–H and O–H groups in total. The van der Waals surface area contributed by atoms with E-state index in [0.717, 1.165) is 19.6 Å². The topological polar surface area (TPSA) is 65.7 Å². The summed E-state index contributed by atoms with van der Waals surface area (Å²) in [4.78, 5) is 12.9. The van der Waals surface area contributed by atoms with Crippen LogP contribution in [0.5, 0.6) is 0 Å². The van der Waals surface area contributed by atoms with Crippen LogP contribution in [0.4, 0.5) is 0 Å². The fourth-order valence-electron chi connectivity index (χ4n) is 1.95. The van der Waals surface area contributed by atoms with Gasteiger partial charge in [0.2, 0.25) is 5.76 Å². The van der Waals surface area contributed by atoms with E-state index in [1.165, 1.54) is 6.07 Å². The van der Waals surface area contributed by atoms with E-state index in [1.807, 2.05) is 0 Å². The first kappa shape index (κ1) is 11.2. The first-order chi connectivity index (χ1) is 7.65. The predicted octanol–water partition coefficient (Wildman–Crippen LogP) is 0.772. The number of hydrogen-bond acceptors (Lipinski definition) is 4. The maximum atomic E-state index is 10.6. The van der Waals surface area contributed by atoms with Crippen LogP contribution in [0.15, 0.2) is 16.5 Å². The minimum absolute atomic E-state index is 0.0122. The molecule has 5 nitrogen and oxygen atoms in total. The van der Waals surface area contributed by atoms with Crippen molar-refractivity contribution in [3.8, 4) is 0 Å². The van der Waals surface area contributed by atoms with Crippen molar-refractivity contribution in [3.63, 3.8) is 0 Å². The van der Waals surface area contributed by atoms with Crippen molar-refractivity contribution in [2.45, 2.75) is 19.5 Å². The first-order valence-electron chi connectivity index (χ1n) is 5.43. The lowest BCUT2D eigenvalue weighted by molar-refractivity contribution is 0.0657. The zero-order valence-electron chi connectivity index (χ0n) is 9.27. The lowest BCUT2D eigenvalue weighted by atomic mass is 10.2. The van der Waals surface area contributed by atoms with Gasteiger partial charge in [-0.3, -0.25) is 4.90 Å². The summed E-state index contributed by atoms with van der Waals surface area (Å²) in [5.41, 5.74) is 0. The number of furan rings is 1. The Labute approximate surface area is 94.0 Å². The van der Waals surface area contributed by atoms with Gasteiger partial charge in [-0.25, -0.2) is 4.79 Å². The Morgan fingerprint density at radius 2 is 2.50 bits per heavy atom. The molecule has 1 atom stereocenters. The Morgan fingerprint density at radius 3 is 3.12 bits per heavy atom. The van der Waals surface area contributed by atoms with E-state index in [4.69, 9.17) is 9.52 Å². The van der Waals surface area contributed by atoms with E-state index in [-0.39, 0.29) is 5.76 Å². The standard InChI is InChI=1S/C11H16N2O3/c1-8-6-13(5-4-12-8)7-9-2-3-10(16-9)11(14)15/h2-3,8,12H,4-7H2,1H3,(H,14,15)/t8-/m1/s1. The second-order valence-electron chi connectivity index (χ2n) is 4.16. The molecule has 5 heteroatoms. The molecule has 1 saturated heterocycles. The highest BCUT2D eigenvalue weighted by atomic mass is 16.4. The molecule has 1 aromatic rings. The van der Waals surface area contributed by atoms with Gasteiger partial charge < -0.3 is 14.8 Å². The van der Waals surface area contributed by atoms with Crippen LogP contribution in [0.2, 0.25) is 0 Å². The zero-order valence-corrected chi connectivity index (χ0v) is 9.27. The summed E-state index contributed by atoms with van der Waals surface area (Å²) in [6.07, 6.45) is 0.